The third kappa shape index (κ3) is 3.19. The fourth-order valence-corrected chi connectivity index (χ4v) is 3.15. The molecule has 0 spiro atoms. The molecule has 1 heterocycles. The number of Topliss-reactive ketones (excluding diaryl/α,β-unsaturated/α-hetero) is 1. The summed E-state index contributed by atoms with van der Waals surface area (Å²) in [5, 5.41) is 8.76. The molecule has 22 heavy (non-hydrogen) atoms. The number of ketones is 1. The highest BCUT2D eigenvalue weighted by atomic mass is 32.2. The monoisotopic (exact) mass is 323 g/mol. The summed E-state index contributed by atoms with van der Waals surface area (Å²) in [6.45, 7) is 1.77. The first kappa shape index (κ1) is 15.1. The molecule has 1 saturated carbocycles. The summed E-state index contributed by atoms with van der Waals surface area (Å²) < 4.78 is 28.1. The fraction of sp³-hybridized carbons (Fsp3) is 0.400. The minimum atomic E-state index is -1.00. The minimum absolute atomic E-state index is 0.190. The molecule has 116 valence electrons. The standard InChI is InChI=1S/C15H15F2N3OS/c1-9(14(21)10-2-5-12(16)13(17)6-10)7-22-15-19-18-8-20(15)11-3-4-11/h2,5-6,8-9,11H,3-4,7H2,1H3/t9-/m1/s1. The van der Waals surface area contributed by atoms with Crippen molar-refractivity contribution in [3.8, 4) is 0 Å². The molecular weight excluding hydrogens is 308 g/mol. The van der Waals surface area contributed by atoms with E-state index in [1.807, 2.05) is 4.57 Å². The van der Waals surface area contributed by atoms with Crippen molar-refractivity contribution in [3.05, 3.63) is 41.7 Å². The van der Waals surface area contributed by atoms with E-state index in [9.17, 15) is 13.6 Å². The highest BCUT2D eigenvalue weighted by Crippen LogP contribution is 2.37. The van der Waals surface area contributed by atoms with Crippen molar-refractivity contribution >= 4 is 17.5 Å². The molecule has 1 aliphatic rings. The zero-order valence-electron chi connectivity index (χ0n) is 12.0. The number of benzene rings is 1. The van der Waals surface area contributed by atoms with Crippen molar-refractivity contribution < 1.29 is 13.6 Å². The Morgan fingerprint density at radius 1 is 1.41 bits per heavy atom. The van der Waals surface area contributed by atoms with Gasteiger partial charge < -0.3 is 4.57 Å². The molecule has 0 aliphatic heterocycles. The predicted octanol–water partition coefficient (Wildman–Crippen LogP) is 3.50. The van der Waals surface area contributed by atoms with Crippen LogP contribution >= 0.6 is 11.8 Å². The molecule has 1 fully saturated rings. The van der Waals surface area contributed by atoms with E-state index in [1.54, 1.807) is 13.3 Å². The van der Waals surface area contributed by atoms with Crippen LogP contribution in [-0.2, 0) is 0 Å². The topological polar surface area (TPSA) is 47.8 Å². The summed E-state index contributed by atoms with van der Waals surface area (Å²) in [5.41, 5.74) is 0.190. The average molecular weight is 323 g/mol. The van der Waals surface area contributed by atoms with Crippen LogP contribution in [0.1, 0.15) is 36.2 Å². The van der Waals surface area contributed by atoms with E-state index in [0.717, 1.165) is 30.1 Å². The van der Waals surface area contributed by atoms with Crippen LogP contribution in [-0.4, -0.2) is 26.3 Å². The molecule has 4 nitrogen and oxygen atoms in total. The lowest BCUT2D eigenvalue weighted by atomic mass is 10.0. The number of aromatic nitrogens is 3. The maximum atomic E-state index is 13.2. The first-order valence-corrected chi connectivity index (χ1v) is 8.06. The number of halogens is 2. The van der Waals surface area contributed by atoms with Gasteiger partial charge in [0, 0.05) is 23.3 Å². The van der Waals surface area contributed by atoms with E-state index in [4.69, 9.17) is 0 Å². The molecule has 0 radical (unpaired) electrons. The van der Waals surface area contributed by atoms with Gasteiger partial charge in [-0.2, -0.15) is 0 Å². The molecule has 1 atom stereocenters. The summed E-state index contributed by atoms with van der Waals surface area (Å²) in [7, 11) is 0. The van der Waals surface area contributed by atoms with Crippen molar-refractivity contribution in [1.82, 2.24) is 14.8 Å². The van der Waals surface area contributed by atoms with Gasteiger partial charge >= 0.3 is 0 Å². The third-order valence-electron chi connectivity index (χ3n) is 3.59. The van der Waals surface area contributed by atoms with Crippen molar-refractivity contribution in [1.29, 1.82) is 0 Å². The third-order valence-corrected chi connectivity index (χ3v) is 4.81. The van der Waals surface area contributed by atoms with Crippen LogP contribution in [0.25, 0.3) is 0 Å². The largest absolute Gasteiger partial charge is 0.306 e. The molecule has 0 N–H and O–H groups in total. The van der Waals surface area contributed by atoms with E-state index in [2.05, 4.69) is 10.2 Å². The second-order valence-electron chi connectivity index (χ2n) is 5.46. The number of hydrogen-bond acceptors (Lipinski definition) is 4. The minimum Gasteiger partial charge on any atom is -0.306 e. The Morgan fingerprint density at radius 2 is 2.18 bits per heavy atom. The van der Waals surface area contributed by atoms with Crippen molar-refractivity contribution in [2.24, 2.45) is 5.92 Å². The predicted molar refractivity (Wildman–Crippen MR) is 78.9 cm³/mol. The summed E-state index contributed by atoms with van der Waals surface area (Å²) in [4.78, 5) is 12.3. The van der Waals surface area contributed by atoms with E-state index < -0.39 is 11.6 Å². The second-order valence-corrected chi connectivity index (χ2v) is 6.44. The first-order valence-electron chi connectivity index (χ1n) is 7.08. The van der Waals surface area contributed by atoms with Crippen molar-refractivity contribution in [2.45, 2.75) is 31.0 Å². The summed E-state index contributed by atoms with van der Waals surface area (Å²) in [6, 6.07) is 3.72. The van der Waals surface area contributed by atoms with Crippen LogP contribution in [0.15, 0.2) is 29.7 Å². The number of hydrogen-bond donors (Lipinski definition) is 0. The molecule has 0 saturated heterocycles. The molecule has 7 heteroatoms. The molecule has 0 unspecified atom stereocenters. The van der Waals surface area contributed by atoms with Gasteiger partial charge in [-0.05, 0) is 31.0 Å². The molecule has 0 amide bonds. The highest BCUT2D eigenvalue weighted by Gasteiger charge is 2.27. The number of nitrogens with zero attached hydrogens (tertiary/aromatic N) is 3. The molecule has 1 aromatic carbocycles. The van der Waals surface area contributed by atoms with Gasteiger partial charge in [0.05, 0.1) is 0 Å². The van der Waals surface area contributed by atoms with Crippen LogP contribution in [0, 0.1) is 17.6 Å². The van der Waals surface area contributed by atoms with Gasteiger partial charge in [-0.3, -0.25) is 4.79 Å². The Labute approximate surface area is 130 Å². The van der Waals surface area contributed by atoms with Crippen LogP contribution < -0.4 is 0 Å². The second kappa shape index (κ2) is 6.16. The lowest BCUT2D eigenvalue weighted by molar-refractivity contribution is 0.0941. The Bertz CT molecular complexity index is 700. The lowest BCUT2D eigenvalue weighted by Gasteiger charge is -2.10. The van der Waals surface area contributed by atoms with Gasteiger partial charge in [0.25, 0.3) is 0 Å². The maximum Gasteiger partial charge on any atom is 0.191 e. The molecule has 2 aromatic rings. The molecule has 1 aromatic heterocycles. The van der Waals surface area contributed by atoms with Gasteiger partial charge in [0.15, 0.2) is 22.6 Å². The number of rotatable bonds is 6. The molecule has 0 bridgehead atoms. The fourth-order valence-electron chi connectivity index (χ4n) is 2.15. The van der Waals surface area contributed by atoms with Gasteiger partial charge in [-0.1, -0.05) is 18.7 Å². The van der Waals surface area contributed by atoms with E-state index in [-0.39, 0.29) is 17.3 Å². The maximum absolute atomic E-state index is 13.2. The summed E-state index contributed by atoms with van der Waals surface area (Å²) in [6.07, 6.45) is 3.98. The number of thioether (sulfide) groups is 1. The highest BCUT2D eigenvalue weighted by molar-refractivity contribution is 7.99. The smallest absolute Gasteiger partial charge is 0.191 e. The SMILES string of the molecule is C[C@H](CSc1nncn1C1CC1)C(=O)c1ccc(F)c(F)c1. The number of carbonyl (C=O) groups excluding carboxylic acids is 1. The Balaban J connectivity index is 1.63. The van der Waals surface area contributed by atoms with E-state index in [0.29, 0.717) is 11.8 Å². The molecule has 1 aliphatic carbocycles. The summed E-state index contributed by atoms with van der Waals surface area (Å²) >= 11 is 1.46. The first-order chi connectivity index (χ1) is 10.6. The lowest BCUT2D eigenvalue weighted by Crippen LogP contribution is -2.14. The van der Waals surface area contributed by atoms with E-state index in [1.165, 1.54) is 17.8 Å². The van der Waals surface area contributed by atoms with Gasteiger partial charge in [0.2, 0.25) is 0 Å². The Hall–Kier alpha value is -1.76. The quantitative estimate of drug-likeness (QED) is 0.603. The van der Waals surface area contributed by atoms with Crippen LogP contribution in [0.4, 0.5) is 8.78 Å². The Kier molecular flexibility index (Phi) is 4.24. The van der Waals surface area contributed by atoms with Crippen LogP contribution in [0.5, 0.6) is 0 Å². The van der Waals surface area contributed by atoms with Crippen molar-refractivity contribution in [2.75, 3.05) is 5.75 Å². The van der Waals surface area contributed by atoms with Crippen LogP contribution in [0.3, 0.4) is 0 Å². The van der Waals surface area contributed by atoms with Crippen molar-refractivity contribution in [3.63, 3.8) is 0 Å². The van der Waals surface area contributed by atoms with Crippen LogP contribution in [0.2, 0.25) is 0 Å². The normalized spacial score (nSPS) is 15.8. The van der Waals surface area contributed by atoms with Gasteiger partial charge in [-0.25, -0.2) is 8.78 Å². The number of carbonyl (C=O) groups is 1. The molecular formula is C15H15F2N3OS. The zero-order chi connectivity index (χ0) is 15.7. The molecule has 3 rings (SSSR count). The van der Waals surface area contributed by atoms with Gasteiger partial charge in [0.1, 0.15) is 6.33 Å². The summed E-state index contributed by atoms with van der Waals surface area (Å²) in [5.74, 6) is -1.96. The van der Waals surface area contributed by atoms with Gasteiger partial charge in [-0.15, -0.1) is 10.2 Å². The zero-order valence-corrected chi connectivity index (χ0v) is 12.8. The average Bonchev–Trinajstić information content (AvgIpc) is 3.25. The Morgan fingerprint density at radius 3 is 2.86 bits per heavy atom. The van der Waals surface area contributed by atoms with E-state index >= 15 is 0 Å².